The quantitative estimate of drug-likeness (QED) is 0.700. The lowest BCUT2D eigenvalue weighted by atomic mass is 10.1. The van der Waals surface area contributed by atoms with E-state index in [1.165, 1.54) is 23.1 Å². The van der Waals surface area contributed by atoms with Crippen LogP contribution in [-0.4, -0.2) is 12.6 Å². The second-order valence-corrected chi connectivity index (χ2v) is 6.48. The van der Waals surface area contributed by atoms with Gasteiger partial charge in [0.1, 0.15) is 5.75 Å². The smallest absolute Gasteiger partial charge is 0.125 e. The minimum Gasteiger partial charge on any atom is -0.493 e. The first kappa shape index (κ1) is 17.0. The highest BCUT2D eigenvalue weighted by Crippen LogP contribution is 2.25. The maximum atomic E-state index is 5.98. The molecule has 0 aliphatic carbocycles. The third-order valence-corrected chi connectivity index (χ3v) is 3.41. The summed E-state index contributed by atoms with van der Waals surface area (Å²) in [6.07, 6.45) is 2.36. The monoisotopic (exact) mass is 277 g/mol. The Morgan fingerprint density at radius 1 is 1.05 bits per heavy atom. The van der Waals surface area contributed by atoms with Crippen molar-refractivity contribution in [3.05, 3.63) is 28.8 Å². The van der Waals surface area contributed by atoms with Gasteiger partial charge in [0.15, 0.2) is 0 Å². The van der Waals surface area contributed by atoms with Crippen LogP contribution in [0.15, 0.2) is 12.1 Å². The van der Waals surface area contributed by atoms with E-state index in [2.05, 4.69) is 59.0 Å². The summed E-state index contributed by atoms with van der Waals surface area (Å²) in [5.74, 6) is 1.83. The van der Waals surface area contributed by atoms with Gasteiger partial charge in [0.25, 0.3) is 0 Å². The lowest BCUT2D eigenvalue weighted by molar-refractivity contribution is 0.294. The molecule has 114 valence electrons. The maximum absolute atomic E-state index is 5.98. The molecule has 1 aromatic rings. The zero-order valence-electron chi connectivity index (χ0n) is 14.0. The standard InChI is InChI=1S/C18H31NO/c1-13(2)8-7-9-20-18-15(5)10-17(11-16(18)6)12-19-14(3)4/h10-11,13-14,19H,7-9,12H2,1-6H3. The summed E-state index contributed by atoms with van der Waals surface area (Å²) in [5.41, 5.74) is 3.83. The Morgan fingerprint density at radius 3 is 2.15 bits per heavy atom. The van der Waals surface area contributed by atoms with E-state index in [0.29, 0.717) is 6.04 Å². The van der Waals surface area contributed by atoms with Gasteiger partial charge in [0.2, 0.25) is 0 Å². The topological polar surface area (TPSA) is 21.3 Å². The van der Waals surface area contributed by atoms with E-state index >= 15 is 0 Å². The molecule has 1 N–H and O–H groups in total. The molecule has 0 radical (unpaired) electrons. The highest BCUT2D eigenvalue weighted by Gasteiger charge is 2.07. The molecule has 2 nitrogen and oxygen atoms in total. The Bertz CT molecular complexity index is 387. The number of hydrogen-bond acceptors (Lipinski definition) is 2. The zero-order chi connectivity index (χ0) is 15.1. The van der Waals surface area contributed by atoms with Crippen molar-refractivity contribution in [1.29, 1.82) is 0 Å². The molecule has 1 aromatic carbocycles. The minimum absolute atomic E-state index is 0.516. The third-order valence-electron chi connectivity index (χ3n) is 3.41. The maximum Gasteiger partial charge on any atom is 0.125 e. The van der Waals surface area contributed by atoms with Gasteiger partial charge >= 0.3 is 0 Å². The summed E-state index contributed by atoms with van der Waals surface area (Å²) in [4.78, 5) is 0. The number of nitrogens with one attached hydrogen (secondary N) is 1. The van der Waals surface area contributed by atoms with Crippen molar-refractivity contribution >= 4 is 0 Å². The molecule has 20 heavy (non-hydrogen) atoms. The number of hydrogen-bond donors (Lipinski definition) is 1. The first-order valence-electron chi connectivity index (χ1n) is 7.86. The van der Waals surface area contributed by atoms with E-state index in [0.717, 1.165) is 31.2 Å². The van der Waals surface area contributed by atoms with Crippen LogP contribution in [0.2, 0.25) is 0 Å². The fourth-order valence-corrected chi connectivity index (χ4v) is 2.36. The summed E-state index contributed by atoms with van der Waals surface area (Å²) in [6.45, 7) is 14.9. The van der Waals surface area contributed by atoms with Crippen molar-refractivity contribution in [2.75, 3.05) is 6.61 Å². The fourth-order valence-electron chi connectivity index (χ4n) is 2.36. The van der Waals surface area contributed by atoms with Crippen molar-refractivity contribution < 1.29 is 4.74 Å². The molecule has 2 heteroatoms. The van der Waals surface area contributed by atoms with Crippen molar-refractivity contribution in [3.63, 3.8) is 0 Å². The van der Waals surface area contributed by atoms with Crippen LogP contribution in [0, 0.1) is 19.8 Å². The summed E-state index contributed by atoms with van der Waals surface area (Å²) in [6, 6.07) is 4.99. The Hall–Kier alpha value is -1.02. The summed E-state index contributed by atoms with van der Waals surface area (Å²) in [7, 11) is 0. The minimum atomic E-state index is 0.516. The highest BCUT2D eigenvalue weighted by atomic mass is 16.5. The van der Waals surface area contributed by atoms with Crippen LogP contribution in [0.1, 0.15) is 57.2 Å². The average Bonchev–Trinajstić information content (AvgIpc) is 2.34. The van der Waals surface area contributed by atoms with Crippen LogP contribution in [0.5, 0.6) is 5.75 Å². The molecule has 0 unspecified atom stereocenters. The predicted octanol–water partition coefficient (Wildman–Crippen LogP) is 4.62. The predicted molar refractivity (Wildman–Crippen MR) is 87.5 cm³/mol. The van der Waals surface area contributed by atoms with Crippen LogP contribution >= 0.6 is 0 Å². The average molecular weight is 277 g/mol. The van der Waals surface area contributed by atoms with Crippen molar-refractivity contribution in [3.8, 4) is 5.75 Å². The van der Waals surface area contributed by atoms with Gasteiger partial charge in [0, 0.05) is 12.6 Å². The molecule has 0 aromatic heterocycles. The van der Waals surface area contributed by atoms with Gasteiger partial charge in [-0.05, 0) is 49.3 Å². The van der Waals surface area contributed by atoms with E-state index in [1.807, 2.05) is 0 Å². The van der Waals surface area contributed by atoms with Gasteiger partial charge in [-0.3, -0.25) is 0 Å². The molecule has 0 atom stereocenters. The second kappa shape index (κ2) is 8.31. The van der Waals surface area contributed by atoms with Crippen LogP contribution in [0.3, 0.4) is 0 Å². The molecule has 0 aliphatic rings. The first-order chi connectivity index (χ1) is 9.40. The van der Waals surface area contributed by atoms with Crippen LogP contribution in [0.4, 0.5) is 0 Å². The van der Waals surface area contributed by atoms with Crippen LogP contribution < -0.4 is 10.1 Å². The number of ether oxygens (including phenoxy) is 1. The molecule has 0 heterocycles. The molecule has 0 bridgehead atoms. The van der Waals surface area contributed by atoms with E-state index in [-0.39, 0.29) is 0 Å². The van der Waals surface area contributed by atoms with E-state index in [1.54, 1.807) is 0 Å². The molecule has 0 saturated carbocycles. The summed E-state index contributed by atoms with van der Waals surface area (Å²) >= 11 is 0. The fraction of sp³-hybridized carbons (Fsp3) is 0.667. The highest BCUT2D eigenvalue weighted by molar-refractivity contribution is 5.43. The molecule has 0 fully saturated rings. The van der Waals surface area contributed by atoms with Gasteiger partial charge in [-0.25, -0.2) is 0 Å². The van der Waals surface area contributed by atoms with Gasteiger partial charge in [0.05, 0.1) is 6.61 Å². The van der Waals surface area contributed by atoms with Crippen LogP contribution in [-0.2, 0) is 6.54 Å². The van der Waals surface area contributed by atoms with Crippen molar-refractivity contribution in [1.82, 2.24) is 5.32 Å². The third kappa shape index (κ3) is 5.96. The Kier molecular flexibility index (Phi) is 7.08. The van der Waals surface area contributed by atoms with Crippen molar-refractivity contribution in [2.24, 2.45) is 5.92 Å². The molecule has 0 amide bonds. The summed E-state index contributed by atoms with van der Waals surface area (Å²) in [5, 5.41) is 3.46. The lowest BCUT2D eigenvalue weighted by Crippen LogP contribution is -2.21. The first-order valence-corrected chi connectivity index (χ1v) is 7.86. The normalized spacial score (nSPS) is 11.4. The number of aryl methyl sites for hydroxylation is 2. The van der Waals surface area contributed by atoms with E-state index in [4.69, 9.17) is 4.74 Å². The Balaban J connectivity index is 2.59. The van der Waals surface area contributed by atoms with Gasteiger partial charge < -0.3 is 10.1 Å². The largest absolute Gasteiger partial charge is 0.493 e. The van der Waals surface area contributed by atoms with Gasteiger partial charge in [-0.1, -0.05) is 39.8 Å². The Labute approximate surface area is 124 Å². The molecular weight excluding hydrogens is 246 g/mol. The van der Waals surface area contributed by atoms with Crippen LogP contribution in [0.25, 0.3) is 0 Å². The number of rotatable bonds is 8. The molecule has 0 saturated heterocycles. The number of benzene rings is 1. The second-order valence-electron chi connectivity index (χ2n) is 6.48. The van der Waals surface area contributed by atoms with E-state index in [9.17, 15) is 0 Å². The Morgan fingerprint density at radius 2 is 1.65 bits per heavy atom. The molecule has 1 rings (SSSR count). The van der Waals surface area contributed by atoms with E-state index < -0.39 is 0 Å². The molecule has 0 aliphatic heterocycles. The zero-order valence-corrected chi connectivity index (χ0v) is 14.0. The molecule has 0 spiro atoms. The molecular formula is C18H31NO. The lowest BCUT2D eigenvalue weighted by Gasteiger charge is -2.15. The SMILES string of the molecule is Cc1cc(CNC(C)C)cc(C)c1OCCCC(C)C. The van der Waals surface area contributed by atoms with Crippen molar-refractivity contribution in [2.45, 2.75) is 67.0 Å². The van der Waals surface area contributed by atoms with Gasteiger partial charge in [-0.2, -0.15) is 0 Å². The summed E-state index contributed by atoms with van der Waals surface area (Å²) < 4.78 is 5.98. The van der Waals surface area contributed by atoms with Gasteiger partial charge in [-0.15, -0.1) is 0 Å².